The Morgan fingerprint density at radius 3 is 2.10 bits per heavy atom. The third-order valence-electron chi connectivity index (χ3n) is 3.65. The minimum atomic E-state index is -0.323. The molecule has 5 heteroatoms. The van der Waals surface area contributed by atoms with Crippen molar-refractivity contribution in [2.75, 3.05) is 0 Å². The van der Waals surface area contributed by atoms with Gasteiger partial charge < -0.3 is 11.5 Å². The molecule has 1 heterocycles. The molecular formula is C16H16N4S. The second kappa shape index (κ2) is 6.39. The first-order valence-corrected chi connectivity index (χ1v) is 7.42. The maximum atomic E-state index is 9.34. The average molecular weight is 296 g/mol. The molecule has 4 nitrogen and oxygen atoms in total. The van der Waals surface area contributed by atoms with E-state index in [1.165, 1.54) is 5.56 Å². The Morgan fingerprint density at radius 1 is 1.10 bits per heavy atom. The molecule has 0 aliphatic carbocycles. The van der Waals surface area contributed by atoms with Crippen molar-refractivity contribution in [1.29, 1.82) is 10.5 Å². The van der Waals surface area contributed by atoms with E-state index in [0.717, 1.165) is 11.8 Å². The van der Waals surface area contributed by atoms with E-state index in [1.54, 1.807) is 0 Å². The van der Waals surface area contributed by atoms with Gasteiger partial charge >= 0.3 is 0 Å². The van der Waals surface area contributed by atoms with Crippen LogP contribution in [0.1, 0.15) is 24.8 Å². The number of allylic oxidation sites excluding steroid dienone is 2. The van der Waals surface area contributed by atoms with Gasteiger partial charge in [-0.3, -0.25) is 0 Å². The Hall–Kier alpha value is -2.37. The first-order chi connectivity index (χ1) is 10.1. The molecule has 106 valence electrons. The highest BCUT2D eigenvalue weighted by Gasteiger charge is 2.31. The van der Waals surface area contributed by atoms with E-state index in [1.807, 2.05) is 30.3 Å². The van der Waals surface area contributed by atoms with Gasteiger partial charge in [-0.25, -0.2) is 0 Å². The Labute approximate surface area is 128 Å². The monoisotopic (exact) mass is 296 g/mol. The zero-order valence-corrected chi connectivity index (χ0v) is 12.5. The lowest BCUT2D eigenvalue weighted by molar-refractivity contribution is 0.578. The van der Waals surface area contributed by atoms with E-state index < -0.39 is 0 Å². The number of nitrogens with zero attached hydrogens (tertiary/aromatic N) is 2. The van der Waals surface area contributed by atoms with Crippen molar-refractivity contribution >= 4 is 11.8 Å². The molecule has 4 N–H and O–H groups in total. The van der Waals surface area contributed by atoms with E-state index in [0.29, 0.717) is 27.6 Å². The van der Waals surface area contributed by atoms with Crippen molar-refractivity contribution in [2.24, 2.45) is 17.4 Å². The van der Waals surface area contributed by atoms with E-state index in [-0.39, 0.29) is 11.8 Å². The third kappa shape index (κ3) is 3.04. The van der Waals surface area contributed by atoms with Gasteiger partial charge in [-0.15, -0.1) is 0 Å². The molecule has 0 saturated heterocycles. The van der Waals surface area contributed by atoms with Crippen molar-refractivity contribution in [1.82, 2.24) is 0 Å². The molecule has 0 fully saturated rings. The zero-order valence-electron chi connectivity index (χ0n) is 11.7. The average Bonchev–Trinajstić information content (AvgIpc) is 2.48. The van der Waals surface area contributed by atoms with Gasteiger partial charge in [0.2, 0.25) is 0 Å². The molecule has 0 radical (unpaired) electrons. The number of nitrogens with two attached hydrogens (primary N) is 2. The summed E-state index contributed by atoms with van der Waals surface area (Å²) in [5, 5.41) is 19.5. The fraction of sp³-hybridized carbons (Fsp3) is 0.250. The zero-order chi connectivity index (χ0) is 15.4. The van der Waals surface area contributed by atoms with Gasteiger partial charge in [-0.05, 0) is 17.9 Å². The van der Waals surface area contributed by atoms with Crippen LogP contribution >= 0.6 is 11.8 Å². The minimum absolute atomic E-state index is 0.201. The topological polar surface area (TPSA) is 99.6 Å². The number of rotatable bonds is 3. The summed E-state index contributed by atoms with van der Waals surface area (Å²) in [6.45, 7) is 2.08. The summed E-state index contributed by atoms with van der Waals surface area (Å²) in [4.78, 5) is 0. The molecule has 0 spiro atoms. The first-order valence-electron chi connectivity index (χ1n) is 6.60. The van der Waals surface area contributed by atoms with Crippen LogP contribution in [0.4, 0.5) is 0 Å². The van der Waals surface area contributed by atoms with Gasteiger partial charge in [-0.2, -0.15) is 10.5 Å². The van der Waals surface area contributed by atoms with E-state index in [2.05, 4.69) is 19.1 Å². The maximum absolute atomic E-state index is 9.34. The van der Waals surface area contributed by atoms with Crippen molar-refractivity contribution in [3.05, 3.63) is 57.1 Å². The Kier molecular flexibility index (Phi) is 4.57. The van der Waals surface area contributed by atoms with E-state index >= 15 is 0 Å². The highest BCUT2D eigenvalue weighted by molar-refractivity contribution is 8.06. The van der Waals surface area contributed by atoms with Gasteiger partial charge in [0.05, 0.1) is 33.3 Å². The lowest BCUT2D eigenvalue weighted by atomic mass is 9.82. The number of hydrogen-bond donors (Lipinski definition) is 2. The normalized spacial score (nSPS) is 17.3. The summed E-state index contributed by atoms with van der Waals surface area (Å²) in [5.74, 6) is -0.122. The molecule has 21 heavy (non-hydrogen) atoms. The number of nitriles is 2. The van der Waals surface area contributed by atoms with Crippen LogP contribution in [0.5, 0.6) is 0 Å². The van der Waals surface area contributed by atoms with Gasteiger partial charge in [0.1, 0.15) is 0 Å². The van der Waals surface area contributed by atoms with Crippen LogP contribution in [0.2, 0.25) is 0 Å². The maximum Gasteiger partial charge on any atom is 0.0981 e. The molecule has 0 saturated carbocycles. The van der Waals surface area contributed by atoms with E-state index in [4.69, 9.17) is 11.5 Å². The van der Waals surface area contributed by atoms with Crippen molar-refractivity contribution in [2.45, 2.75) is 19.3 Å². The second-order valence-electron chi connectivity index (χ2n) is 4.98. The second-order valence-corrected chi connectivity index (χ2v) is 6.07. The minimum Gasteiger partial charge on any atom is -0.392 e. The standard InChI is InChI=1S/C16H16N4S/c1-10(11-5-3-2-4-6-11)7-12-13(8-17)15(19)21-16(20)14(12)9-18/h2-6,10,12H,7,19-20H2,1H3/t10-/m0/s1. The van der Waals surface area contributed by atoms with Crippen LogP contribution in [0.25, 0.3) is 0 Å². The third-order valence-corrected chi connectivity index (χ3v) is 4.53. The molecule has 1 atom stereocenters. The van der Waals surface area contributed by atoms with Crippen LogP contribution in [-0.4, -0.2) is 0 Å². The number of benzene rings is 1. The molecule has 0 amide bonds. The predicted octanol–water partition coefficient (Wildman–Crippen LogP) is 2.93. The molecule has 2 rings (SSSR count). The van der Waals surface area contributed by atoms with Crippen LogP contribution < -0.4 is 11.5 Å². The predicted molar refractivity (Wildman–Crippen MR) is 84.2 cm³/mol. The number of hydrogen-bond acceptors (Lipinski definition) is 5. The smallest absolute Gasteiger partial charge is 0.0981 e. The highest BCUT2D eigenvalue weighted by Crippen LogP contribution is 2.41. The molecule has 1 aromatic rings. The summed E-state index contributed by atoms with van der Waals surface area (Å²) in [7, 11) is 0. The number of thioether (sulfide) groups is 1. The van der Waals surface area contributed by atoms with Gasteiger partial charge in [-0.1, -0.05) is 49.0 Å². The van der Waals surface area contributed by atoms with Crippen molar-refractivity contribution < 1.29 is 0 Å². The Morgan fingerprint density at radius 2 is 1.62 bits per heavy atom. The molecule has 0 bridgehead atoms. The fourth-order valence-electron chi connectivity index (χ4n) is 2.49. The largest absolute Gasteiger partial charge is 0.392 e. The van der Waals surface area contributed by atoms with Crippen LogP contribution in [0.15, 0.2) is 51.5 Å². The van der Waals surface area contributed by atoms with Crippen molar-refractivity contribution in [3.63, 3.8) is 0 Å². The fourth-order valence-corrected chi connectivity index (χ4v) is 3.32. The quantitative estimate of drug-likeness (QED) is 0.893. The molecule has 1 aliphatic rings. The summed E-state index contributed by atoms with van der Waals surface area (Å²) in [6, 6.07) is 14.3. The summed E-state index contributed by atoms with van der Waals surface area (Å²) < 4.78 is 0. The molecule has 1 aliphatic heterocycles. The van der Waals surface area contributed by atoms with Crippen LogP contribution in [0.3, 0.4) is 0 Å². The van der Waals surface area contributed by atoms with Gasteiger partial charge in [0, 0.05) is 5.92 Å². The van der Waals surface area contributed by atoms with Gasteiger partial charge in [0.15, 0.2) is 0 Å². The summed E-state index contributed by atoms with van der Waals surface area (Å²) >= 11 is 1.10. The van der Waals surface area contributed by atoms with E-state index in [9.17, 15) is 10.5 Å². The lowest BCUT2D eigenvalue weighted by Gasteiger charge is -2.25. The van der Waals surface area contributed by atoms with Gasteiger partial charge in [0.25, 0.3) is 0 Å². The SMILES string of the molecule is C[C@@H](CC1C(C#N)=C(N)SC(N)=C1C#N)c1ccccc1. The molecule has 0 unspecified atom stereocenters. The summed E-state index contributed by atoms with van der Waals surface area (Å²) in [5.41, 5.74) is 13.9. The van der Waals surface area contributed by atoms with Crippen LogP contribution in [0, 0.1) is 28.6 Å². The summed E-state index contributed by atoms with van der Waals surface area (Å²) in [6.07, 6.45) is 0.637. The molecule has 1 aromatic carbocycles. The van der Waals surface area contributed by atoms with Crippen molar-refractivity contribution in [3.8, 4) is 12.1 Å². The Balaban J connectivity index is 2.33. The molecular weight excluding hydrogens is 280 g/mol. The van der Waals surface area contributed by atoms with Crippen LogP contribution in [-0.2, 0) is 0 Å². The lowest BCUT2D eigenvalue weighted by Crippen LogP contribution is -2.21. The highest BCUT2D eigenvalue weighted by atomic mass is 32.2. The Bertz CT molecular complexity index is 640. The first kappa shape index (κ1) is 15.0. The molecule has 0 aromatic heterocycles.